The van der Waals surface area contributed by atoms with Gasteiger partial charge in [0.2, 0.25) is 0 Å². The number of hydrogen-bond acceptors (Lipinski definition) is 3. The molecule has 0 amide bonds. The van der Waals surface area contributed by atoms with E-state index < -0.39 is 0 Å². The standard InChI is InChI=1S/C17H21FN2O/c1-12-6-9-15(21-12)11-20(2)17-13(4-3-5-16(17)18)10-19-14-7-8-14/h3-6,9,14,19H,7-8,10-11H2,1-2H3. The number of para-hydroxylation sites is 1. The lowest BCUT2D eigenvalue weighted by Gasteiger charge is -2.22. The summed E-state index contributed by atoms with van der Waals surface area (Å²) in [4.78, 5) is 1.91. The average molecular weight is 288 g/mol. The first kappa shape index (κ1) is 14.1. The molecule has 0 saturated heterocycles. The molecule has 1 aromatic heterocycles. The summed E-state index contributed by atoms with van der Waals surface area (Å²) in [5.74, 6) is 1.54. The molecule has 3 rings (SSSR count). The van der Waals surface area contributed by atoms with Gasteiger partial charge in [-0.05, 0) is 43.5 Å². The SMILES string of the molecule is Cc1ccc(CN(C)c2c(F)cccc2CNC2CC2)o1. The van der Waals surface area contributed by atoms with Gasteiger partial charge in [0.05, 0.1) is 12.2 Å². The summed E-state index contributed by atoms with van der Waals surface area (Å²) in [5.41, 5.74) is 1.65. The molecule has 0 radical (unpaired) electrons. The second-order valence-corrected chi connectivity index (χ2v) is 5.77. The van der Waals surface area contributed by atoms with E-state index in [0.717, 1.165) is 17.1 Å². The van der Waals surface area contributed by atoms with Crippen LogP contribution in [0.15, 0.2) is 34.7 Å². The van der Waals surface area contributed by atoms with Gasteiger partial charge in [0, 0.05) is 19.6 Å². The Bertz CT molecular complexity index is 619. The first-order valence-electron chi connectivity index (χ1n) is 7.40. The number of nitrogens with zero attached hydrogens (tertiary/aromatic N) is 1. The summed E-state index contributed by atoms with van der Waals surface area (Å²) < 4.78 is 19.8. The number of hydrogen-bond donors (Lipinski definition) is 1. The van der Waals surface area contributed by atoms with Crippen LogP contribution in [-0.2, 0) is 13.1 Å². The Balaban J connectivity index is 1.77. The molecular formula is C17H21FN2O. The summed E-state index contributed by atoms with van der Waals surface area (Å²) in [7, 11) is 1.90. The van der Waals surface area contributed by atoms with Crippen molar-refractivity contribution in [3.05, 3.63) is 53.2 Å². The third-order valence-corrected chi connectivity index (χ3v) is 3.80. The Morgan fingerprint density at radius 1 is 1.29 bits per heavy atom. The van der Waals surface area contributed by atoms with Crippen LogP contribution in [0, 0.1) is 12.7 Å². The van der Waals surface area contributed by atoms with E-state index in [4.69, 9.17) is 4.42 Å². The highest BCUT2D eigenvalue weighted by molar-refractivity contribution is 5.54. The van der Waals surface area contributed by atoms with E-state index in [-0.39, 0.29) is 5.82 Å². The lowest BCUT2D eigenvalue weighted by molar-refractivity contribution is 0.480. The molecule has 112 valence electrons. The molecule has 1 saturated carbocycles. The number of halogens is 1. The highest BCUT2D eigenvalue weighted by atomic mass is 19.1. The first-order valence-corrected chi connectivity index (χ1v) is 7.40. The molecule has 4 heteroatoms. The van der Waals surface area contributed by atoms with Crippen LogP contribution in [0.2, 0.25) is 0 Å². The van der Waals surface area contributed by atoms with Crippen LogP contribution in [0.5, 0.6) is 0 Å². The minimum absolute atomic E-state index is 0.184. The predicted octanol–water partition coefficient (Wildman–Crippen LogP) is 3.62. The molecule has 1 aromatic carbocycles. The van der Waals surface area contributed by atoms with Gasteiger partial charge in [-0.25, -0.2) is 4.39 Å². The fourth-order valence-electron chi connectivity index (χ4n) is 2.55. The minimum Gasteiger partial charge on any atom is -0.464 e. The molecule has 21 heavy (non-hydrogen) atoms. The molecule has 3 nitrogen and oxygen atoms in total. The number of rotatable bonds is 6. The van der Waals surface area contributed by atoms with Gasteiger partial charge in [0.25, 0.3) is 0 Å². The lowest BCUT2D eigenvalue weighted by Crippen LogP contribution is -2.22. The zero-order chi connectivity index (χ0) is 14.8. The van der Waals surface area contributed by atoms with Gasteiger partial charge in [0.15, 0.2) is 0 Å². The average Bonchev–Trinajstić information content (AvgIpc) is 3.19. The molecule has 0 unspecified atom stereocenters. The maximum absolute atomic E-state index is 14.2. The van der Waals surface area contributed by atoms with Crippen molar-refractivity contribution in [3.63, 3.8) is 0 Å². The second kappa shape index (κ2) is 5.90. The summed E-state index contributed by atoms with van der Waals surface area (Å²) in [6.45, 7) is 3.18. The quantitative estimate of drug-likeness (QED) is 0.880. The minimum atomic E-state index is -0.184. The van der Waals surface area contributed by atoms with Crippen molar-refractivity contribution in [2.75, 3.05) is 11.9 Å². The van der Waals surface area contributed by atoms with Crippen molar-refractivity contribution in [1.82, 2.24) is 5.32 Å². The Morgan fingerprint density at radius 3 is 2.76 bits per heavy atom. The van der Waals surface area contributed by atoms with E-state index in [9.17, 15) is 4.39 Å². The van der Waals surface area contributed by atoms with Crippen molar-refractivity contribution in [2.45, 2.75) is 38.9 Å². The van der Waals surface area contributed by atoms with Gasteiger partial charge < -0.3 is 14.6 Å². The Labute approximate surface area is 124 Å². The summed E-state index contributed by atoms with van der Waals surface area (Å²) in [6, 6.07) is 9.75. The van der Waals surface area contributed by atoms with Crippen LogP contribution >= 0.6 is 0 Å². The third kappa shape index (κ3) is 3.45. The Morgan fingerprint density at radius 2 is 2.10 bits per heavy atom. The number of nitrogens with one attached hydrogen (secondary N) is 1. The van der Waals surface area contributed by atoms with Crippen LogP contribution in [0.3, 0.4) is 0 Å². The molecule has 0 aliphatic heterocycles. The molecule has 1 N–H and O–H groups in total. The maximum Gasteiger partial charge on any atom is 0.146 e. The van der Waals surface area contributed by atoms with Gasteiger partial charge in [-0.3, -0.25) is 0 Å². The fourth-order valence-corrected chi connectivity index (χ4v) is 2.55. The molecule has 1 aliphatic rings. The van der Waals surface area contributed by atoms with Crippen molar-refractivity contribution in [1.29, 1.82) is 0 Å². The summed E-state index contributed by atoms with van der Waals surface area (Å²) in [5, 5.41) is 3.45. The smallest absolute Gasteiger partial charge is 0.146 e. The van der Waals surface area contributed by atoms with Gasteiger partial charge in [-0.15, -0.1) is 0 Å². The highest BCUT2D eigenvalue weighted by Crippen LogP contribution is 2.27. The van der Waals surface area contributed by atoms with Crippen molar-refractivity contribution in [2.24, 2.45) is 0 Å². The number of aryl methyl sites for hydroxylation is 1. The summed E-state index contributed by atoms with van der Waals surface area (Å²) >= 11 is 0. The van der Waals surface area contributed by atoms with Crippen molar-refractivity contribution >= 4 is 5.69 Å². The van der Waals surface area contributed by atoms with E-state index in [1.165, 1.54) is 18.9 Å². The normalized spacial score (nSPS) is 14.4. The zero-order valence-electron chi connectivity index (χ0n) is 12.5. The maximum atomic E-state index is 14.2. The molecule has 0 bridgehead atoms. The molecular weight excluding hydrogens is 267 g/mol. The zero-order valence-corrected chi connectivity index (χ0v) is 12.5. The Kier molecular flexibility index (Phi) is 3.97. The molecule has 0 spiro atoms. The number of anilines is 1. The van der Waals surface area contributed by atoms with Crippen LogP contribution in [0.4, 0.5) is 10.1 Å². The van der Waals surface area contributed by atoms with E-state index in [0.29, 0.717) is 24.8 Å². The van der Waals surface area contributed by atoms with Gasteiger partial charge in [-0.2, -0.15) is 0 Å². The predicted molar refractivity (Wildman–Crippen MR) is 81.8 cm³/mol. The van der Waals surface area contributed by atoms with E-state index in [1.807, 2.05) is 37.1 Å². The van der Waals surface area contributed by atoms with Gasteiger partial charge >= 0.3 is 0 Å². The van der Waals surface area contributed by atoms with Crippen LogP contribution in [0.25, 0.3) is 0 Å². The summed E-state index contributed by atoms with van der Waals surface area (Å²) in [6.07, 6.45) is 2.46. The van der Waals surface area contributed by atoms with Gasteiger partial charge in [0.1, 0.15) is 17.3 Å². The van der Waals surface area contributed by atoms with Crippen molar-refractivity contribution < 1.29 is 8.81 Å². The molecule has 2 aromatic rings. The van der Waals surface area contributed by atoms with E-state index >= 15 is 0 Å². The highest BCUT2D eigenvalue weighted by Gasteiger charge is 2.21. The van der Waals surface area contributed by atoms with Crippen LogP contribution in [0.1, 0.15) is 29.9 Å². The van der Waals surface area contributed by atoms with Crippen molar-refractivity contribution in [3.8, 4) is 0 Å². The second-order valence-electron chi connectivity index (χ2n) is 5.77. The van der Waals surface area contributed by atoms with E-state index in [2.05, 4.69) is 5.32 Å². The monoisotopic (exact) mass is 288 g/mol. The van der Waals surface area contributed by atoms with Crippen LogP contribution < -0.4 is 10.2 Å². The number of benzene rings is 1. The Hall–Kier alpha value is -1.81. The molecule has 1 aliphatic carbocycles. The molecule has 1 fully saturated rings. The van der Waals surface area contributed by atoms with Crippen LogP contribution in [-0.4, -0.2) is 13.1 Å². The largest absolute Gasteiger partial charge is 0.464 e. The first-order chi connectivity index (χ1) is 10.1. The third-order valence-electron chi connectivity index (χ3n) is 3.80. The number of furan rings is 1. The molecule has 1 heterocycles. The topological polar surface area (TPSA) is 28.4 Å². The van der Waals surface area contributed by atoms with Gasteiger partial charge in [-0.1, -0.05) is 12.1 Å². The fraction of sp³-hybridized carbons (Fsp3) is 0.412. The lowest BCUT2D eigenvalue weighted by atomic mass is 10.1. The molecule has 0 atom stereocenters. The van der Waals surface area contributed by atoms with E-state index in [1.54, 1.807) is 6.07 Å².